The zero-order valence-corrected chi connectivity index (χ0v) is 11.4. The van der Waals surface area contributed by atoms with E-state index < -0.39 is 0 Å². The number of H-pyrrole nitrogens is 1. The lowest BCUT2D eigenvalue weighted by molar-refractivity contribution is 0.102. The third-order valence-corrected chi connectivity index (χ3v) is 3.26. The van der Waals surface area contributed by atoms with Crippen LogP contribution in [0.2, 0.25) is 0 Å². The van der Waals surface area contributed by atoms with Crippen molar-refractivity contribution in [1.29, 1.82) is 0 Å². The van der Waals surface area contributed by atoms with E-state index in [-0.39, 0.29) is 5.91 Å². The molecule has 2 N–H and O–H groups in total. The summed E-state index contributed by atoms with van der Waals surface area (Å²) in [6.07, 6.45) is 0. The molecule has 0 bridgehead atoms. The van der Waals surface area contributed by atoms with Crippen molar-refractivity contribution < 1.29 is 4.79 Å². The maximum absolute atomic E-state index is 12.2. The molecule has 1 aromatic heterocycles. The number of carbonyl (C=O) groups excluding carboxylic acids is 1. The Morgan fingerprint density at radius 3 is 2.84 bits per heavy atom. The predicted octanol–water partition coefficient (Wildman–Crippen LogP) is 3.58. The Morgan fingerprint density at radius 1 is 1.16 bits per heavy atom. The van der Waals surface area contributed by atoms with Gasteiger partial charge in [-0.05, 0) is 24.3 Å². The number of nitrogens with one attached hydrogen (secondary N) is 2. The SMILES string of the molecule is O=C(Nc1cccc(Br)c1)c1n[nH]c2ccccc12. The van der Waals surface area contributed by atoms with Crippen molar-refractivity contribution in [2.75, 3.05) is 5.32 Å². The lowest BCUT2D eigenvalue weighted by atomic mass is 10.2. The van der Waals surface area contributed by atoms with Gasteiger partial charge in [0.1, 0.15) is 0 Å². The Balaban J connectivity index is 1.92. The van der Waals surface area contributed by atoms with Gasteiger partial charge < -0.3 is 5.32 Å². The number of aromatic amines is 1. The second-order valence-electron chi connectivity index (χ2n) is 4.08. The molecule has 19 heavy (non-hydrogen) atoms. The van der Waals surface area contributed by atoms with Gasteiger partial charge in [0.2, 0.25) is 0 Å². The van der Waals surface area contributed by atoms with Crippen molar-refractivity contribution in [1.82, 2.24) is 10.2 Å². The highest BCUT2D eigenvalue weighted by atomic mass is 79.9. The third kappa shape index (κ3) is 2.37. The zero-order chi connectivity index (χ0) is 13.2. The van der Waals surface area contributed by atoms with Crippen LogP contribution in [-0.4, -0.2) is 16.1 Å². The number of nitrogens with zero attached hydrogens (tertiary/aromatic N) is 1. The second-order valence-corrected chi connectivity index (χ2v) is 5.00. The van der Waals surface area contributed by atoms with Crippen molar-refractivity contribution in [3.63, 3.8) is 0 Å². The number of amides is 1. The molecule has 0 unspecified atom stereocenters. The monoisotopic (exact) mass is 315 g/mol. The molecular formula is C14H10BrN3O. The molecule has 2 aromatic carbocycles. The molecule has 1 heterocycles. The molecule has 5 heteroatoms. The van der Waals surface area contributed by atoms with Gasteiger partial charge in [-0.15, -0.1) is 0 Å². The van der Waals surface area contributed by atoms with Gasteiger partial charge in [0, 0.05) is 15.5 Å². The number of aromatic nitrogens is 2. The van der Waals surface area contributed by atoms with Gasteiger partial charge in [0.05, 0.1) is 5.52 Å². The van der Waals surface area contributed by atoms with Crippen LogP contribution in [0.15, 0.2) is 53.0 Å². The van der Waals surface area contributed by atoms with Crippen molar-refractivity contribution in [3.05, 3.63) is 58.7 Å². The Kier molecular flexibility index (Phi) is 3.05. The number of fused-ring (bicyclic) bond motifs is 1. The van der Waals surface area contributed by atoms with Crippen molar-refractivity contribution in [3.8, 4) is 0 Å². The average molecular weight is 316 g/mol. The zero-order valence-electron chi connectivity index (χ0n) is 9.85. The minimum absolute atomic E-state index is 0.226. The van der Waals surface area contributed by atoms with Crippen LogP contribution < -0.4 is 5.32 Å². The lowest BCUT2D eigenvalue weighted by Gasteiger charge is -2.03. The van der Waals surface area contributed by atoms with E-state index in [4.69, 9.17) is 0 Å². The van der Waals surface area contributed by atoms with Gasteiger partial charge in [-0.3, -0.25) is 9.89 Å². The number of carbonyl (C=O) groups is 1. The van der Waals surface area contributed by atoms with E-state index in [1.807, 2.05) is 48.5 Å². The predicted molar refractivity (Wildman–Crippen MR) is 78.2 cm³/mol. The molecule has 0 saturated heterocycles. The summed E-state index contributed by atoms with van der Waals surface area (Å²) in [6.45, 7) is 0. The summed E-state index contributed by atoms with van der Waals surface area (Å²) in [4.78, 5) is 12.2. The number of anilines is 1. The van der Waals surface area contributed by atoms with Gasteiger partial charge in [0.25, 0.3) is 5.91 Å². The van der Waals surface area contributed by atoms with Gasteiger partial charge in [-0.2, -0.15) is 5.10 Å². The van der Waals surface area contributed by atoms with E-state index in [1.165, 1.54) is 0 Å². The van der Waals surface area contributed by atoms with Gasteiger partial charge in [-0.1, -0.05) is 40.2 Å². The number of hydrogen-bond acceptors (Lipinski definition) is 2. The lowest BCUT2D eigenvalue weighted by Crippen LogP contribution is -2.12. The fraction of sp³-hybridized carbons (Fsp3) is 0. The molecule has 0 atom stereocenters. The van der Waals surface area contributed by atoms with E-state index in [0.717, 1.165) is 21.1 Å². The van der Waals surface area contributed by atoms with Crippen LogP contribution in [0.25, 0.3) is 10.9 Å². The van der Waals surface area contributed by atoms with E-state index in [9.17, 15) is 4.79 Å². The first kappa shape index (κ1) is 11.9. The fourth-order valence-corrected chi connectivity index (χ4v) is 2.29. The maximum atomic E-state index is 12.2. The highest BCUT2D eigenvalue weighted by Crippen LogP contribution is 2.19. The molecule has 0 aliphatic rings. The van der Waals surface area contributed by atoms with Crippen LogP contribution >= 0.6 is 15.9 Å². The standard InChI is InChI=1S/C14H10BrN3O/c15-9-4-3-5-10(8-9)16-14(19)13-11-6-1-2-7-12(11)17-18-13/h1-8H,(H,16,19)(H,17,18). The van der Waals surface area contributed by atoms with E-state index in [0.29, 0.717) is 5.69 Å². The molecule has 0 saturated carbocycles. The highest BCUT2D eigenvalue weighted by molar-refractivity contribution is 9.10. The summed E-state index contributed by atoms with van der Waals surface area (Å²) in [6, 6.07) is 15.0. The molecular weight excluding hydrogens is 306 g/mol. The van der Waals surface area contributed by atoms with Crippen molar-refractivity contribution in [2.24, 2.45) is 0 Å². The number of para-hydroxylation sites is 1. The molecule has 3 rings (SSSR count). The molecule has 0 fully saturated rings. The molecule has 0 aliphatic heterocycles. The summed E-state index contributed by atoms with van der Waals surface area (Å²) < 4.78 is 0.914. The van der Waals surface area contributed by atoms with Crippen LogP contribution in [0, 0.1) is 0 Å². The van der Waals surface area contributed by atoms with E-state index >= 15 is 0 Å². The normalized spacial score (nSPS) is 10.6. The first-order valence-electron chi connectivity index (χ1n) is 5.74. The molecule has 3 aromatic rings. The van der Waals surface area contributed by atoms with Crippen molar-refractivity contribution in [2.45, 2.75) is 0 Å². The van der Waals surface area contributed by atoms with E-state index in [1.54, 1.807) is 0 Å². The van der Waals surface area contributed by atoms with Crippen LogP contribution in [0.3, 0.4) is 0 Å². The second kappa shape index (κ2) is 4.85. The fourth-order valence-electron chi connectivity index (χ4n) is 1.89. The number of hydrogen-bond donors (Lipinski definition) is 2. The Labute approximate surface area is 118 Å². The van der Waals surface area contributed by atoms with Crippen LogP contribution in [-0.2, 0) is 0 Å². The molecule has 4 nitrogen and oxygen atoms in total. The number of halogens is 1. The van der Waals surface area contributed by atoms with Crippen LogP contribution in [0.5, 0.6) is 0 Å². The average Bonchev–Trinajstić information content (AvgIpc) is 2.82. The van der Waals surface area contributed by atoms with Crippen LogP contribution in [0.4, 0.5) is 5.69 Å². The molecule has 94 valence electrons. The number of benzene rings is 2. The van der Waals surface area contributed by atoms with Gasteiger partial charge in [-0.25, -0.2) is 0 Å². The summed E-state index contributed by atoms with van der Waals surface area (Å²) in [5.41, 5.74) is 1.98. The van der Waals surface area contributed by atoms with Gasteiger partial charge >= 0.3 is 0 Å². The van der Waals surface area contributed by atoms with Crippen molar-refractivity contribution >= 4 is 38.4 Å². The Hall–Kier alpha value is -2.14. The molecule has 0 radical (unpaired) electrons. The smallest absolute Gasteiger partial charge is 0.276 e. The topological polar surface area (TPSA) is 57.8 Å². The summed E-state index contributed by atoms with van der Waals surface area (Å²) in [5.74, 6) is -0.226. The van der Waals surface area contributed by atoms with Gasteiger partial charge in [0.15, 0.2) is 5.69 Å². The molecule has 0 spiro atoms. The van der Waals surface area contributed by atoms with E-state index in [2.05, 4.69) is 31.4 Å². The largest absolute Gasteiger partial charge is 0.321 e. The maximum Gasteiger partial charge on any atom is 0.276 e. The summed E-state index contributed by atoms with van der Waals surface area (Å²) in [5, 5.41) is 10.6. The van der Waals surface area contributed by atoms with Crippen LogP contribution in [0.1, 0.15) is 10.5 Å². The molecule has 1 amide bonds. The Morgan fingerprint density at radius 2 is 2.00 bits per heavy atom. The quantitative estimate of drug-likeness (QED) is 0.759. The summed E-state index contributed by atoms with van der Waals surface area (Å²) in [7, 11) is 0. The minimum Gasteiger partial charge on any atom is -0.321 e. The molecule has 0 aliphatic carbocycles. The highest BCUT2D eigenvalue weighted by Gasteiger charge is 2.13. The number of rotatable bonds is 2. The Bertz CT molecular complexity index is 751. The summed E-state index contributed by atoms with van der Waals surface area (Å²) >= 11 is 3.37. The first-order chi connectivity index (χ1) is 9.24. The minimum atomic E-state index is -0.226. The third-order valence-electron chi connectivity index (χ3n) is 2.77. The first-order valence-corrected chi connectivity index (χ1v) is 6.53.